The Morgan fingerprint density at radius 2 is 1.66 bits per heavy atom. The molecule has 3 aromatic rings. The first-order valence-corrected chi connectivity index (χ1v) is 10.1. The molecule has 1 N–H and O–H groups in total. The standard InChI is InChI=1S/C22H17Cl2NO3S/c23-18-7-1-15(9-19(18)24)12-26-17-5-3-16(4-6-17)22(29)25-11-14-2-8-20-21(10-14)28-13-27-20/h1-10H,11-13H2,(H,25,29). The lowest BCUT2D eigenvalue weighted by Gasteiger charge is -2.11. The van der Waals surface area contributed by atoms with Crippen LogP contribution < -0.4 is 19.5 Å². The Morgan fingerprint density at radius 3 is 2.45 bits per heavy atom. The first-order valence-electron chi connectivity index (χ1n) is 8.92. The van der Waals surface area contributed by atoms with Crippen LogP contribution in [-0.4, -0.2) is 11.8 Å². The molecule has 7 heteroatoms. The number of rotatable bonds is 6. The second-order valence-electron chi connectivity index (χ2n) is 6.43. The van der Waals surface area contributed by atoms with Crippen molar-refractivity contribution < 1.29 is 14.2 Å². The Morgan fingerprint density at radius 1 is 0.897 bits per heavy atom. The van der Waals surface area contributed by atoms with Crippen LogP contribution >= 0.6 is 35.4 Å². The molecule has 1 heterocycles. The number of halogens is 2. The Hall–Kier alpha value is -2.47. The molecule has 0 bridgehead atoms. The summed E-state index contributed by atoms with van der Waals surface area (Å²) in [5.74, 6) is 2.28. The molecule has 29 heavy (non-hydrogen) atoms. The lowest BCUT2D eigenvalue weighted by molar-refractivity contribution is 0.174. The van der Waals surface area contributed by atoms with Gasteiger partial charge in [-0.2, -0.15) is 0 Å². The van der Waals surface area contributed by atoms with Gasteiger partial charge in [0.2, 0.25) is 6.79 Å². The second kappa shape index (κ2) is 8.91. The van der Waals surface area contributed by atoms with Crippen LogP contribution in [0.15, 0.2) is 60.7 Å². The summed E-state index contributed by atoms with van der Waals surface area (Å²) in [6.45, 7) is 1.28. The fourth-order valence-corrected chi connectivity index (χ4v) is 3.36. The summed E-state index contributed by atoms with van der Waals surface area (Å²) in [7, 11) is 0. The van der Waals surface area contributed by atoms with Crippen molar-refractivity contribution in [2.75, 3.05) is 6.79 Å². The molecule has 148 valence electrons. The van der Waals surface area contributed by atoms with Crippen LogP contribution in [0.2, 0.25) is 10.0 Å². The van der Waals surface area contributed by atoms with Gasteiger partial charge in [0.1, 0.15) is 17.3 Å². The Kier molecular flexibility index (Phi) is 6.09. The van der Waals surface area contributed by atoms with Crippen LogP contribution in [0.3, 0.4) is 0 Å². The van der Waals surface area contributed by atoms with Crippen molar-refractivity contribution in [1.82, 2.24) is 5.32 Å². The van der Waals surface area contributed by atoms with Crippen LogP contribution in [0.1, 0.15) is 16.7 Å². The van der Waals surface area contributed by atoms with Gasteiger partial charge >= 0.3 is 0 Å². The van der Waals surface area contributed by atoms with Crippen molar-refractivity contribution in [2.24, 2.45) is 0 Å². The van der Waals surface area contributed by atoms with Gasteiger partial charge in [-0.15, -0.1) is 0 Å². The summed E-state index contributed by atoms with van der Waals surface area (Å²) in [5, 5.41) is 4.31. The molecule has 4 nitrogen and oxygen atoms in total. The third-order valence-electron chi connectivity index (χ3n) is 4.40. The van der Waals surface area contributed by atoms with E-state index in [0.29, 0.717) is 28.2 Å². The van der Waals surface area contributed by atoms with Gasteiger partial charge in [-0.1, -0.05) is 47.6 Å². The largest absolute Gasteiger partial charge is 0.489 e. The minimum atomic E-state index is 0.268. The lowest BCUT2D eigenvalue weighted by Crippen LogP contribution is -2.21. The zero-order chi connectivity index (χ0) is 20.2. The van der Waals surface area contributed by atoms with E-state index >= 15 is 0 Å². The molecule has 0 saturated heterocycles. The van der Waals surface area contributed by atoms with E-state index in [1.54, 1.807) is 12.1 Å². The highest BCUT2D eigenvalue weighted by Gasteiger charge is 2.13. The van der Waals surface area contributed by atoms with Gasteiger partial charge in [0.25, 0.3) is 0 Å². The van der Waals surface area contributed by atoms with Crippen LogP contribution in [-0.2, 0) is 13.2 Å². The van der Waals surface area contributed by atoms with Crippen molar-refractivity contribution in [3.05, 3.63) is 87.4 Å². The highest BCUT2D eigenvalue weighted by Crippen LogP contribution is 2.32. The van der Waals surface area contributed by atoms with Crippen molar-refractivity contribution in [3.8, 4) is 17.2 Å². The quantitative estimate of drug-likeness (QED) is 0.487. The molecular formula is C22H17Cl2NO3S. The van der Waals surface area contributed by atoms with Gasteiger partial charge in [0.05, 0.1) is 10.0 Å². The number of thiocarbonyl (C=S) groups is 1. The zero-order valence-corrected chi connectivity index (χ0v) is 17.6. The zero-order valence-electron chi connectivity index (χ0n) is 15.3. The molecule has 0 aromatic heterocycles. The topological polar surface area (TPSA) is 39.7 Å². The number of nitrogens with one attached hydrogen (secondary N) is 1. The van der Waals surface area contributed by atoms with Crippen LogP contribution in [0.4, 0.5) is 0 Å². The fraction of sp³-hybridized carbons (Fsp3) is 0.136. The van der Waals surface area contributed by atoms with E-state index < -0.39 is 0 Å². The van der Waals surface area contributed by atoms with E-state index in [9.17, 15) is 0 Å². The third-order valence-corrected chi connectivity index (χ3v) is 5.52. The molecule has 0 aliphatic carbocycles. The average molecular weight is 446 g/mol. The van der Waals surface area contributed by atoms with E-state index in [-0.39, 0.29) is 6.79 Å². The summed E-state index contributed by atoms with van der Waals surface area (Å²) in [6.07, 6.45) is 0. The maximum Gasteiger partial charge on any atom is 0.231 e. The Bertz CT molecular complexity index is 1040. The highest BCUT2D eigenvalue weighted by molar-refractivity contribution is 7.80. The number of hydrogen-bond donors (Lipinski definition) is 1. The van der Waals surface area contributed by atoms with E-state index in [2.05, 4.69) is 5.32 Å². The molecule has 1 aliphatic heterocycles. The number of fused-ring (bicyclic) bond motifs is 1. The van der Waals surface area contributed by atoms with E-state index in [4.69, 9.17) is 49.6 Å². The van der Waals surface area contributed by atoms with Crippen LogP contribution in [0.5, 0.6) is 17.2 Å². The first kappa shape index (κ1) is 19.8. The molecule has 0 saturated carbocycles. The predicted octanol–water partition coefficient (Wildman–Crippen LogP) is 5.77. The maximum absolute atomic E-state index is 6.03. The van der Waals surface area contributed by atoms with Crippen LogP contribution in [0.25, 0.3) is 0 Å². The second-order valence-corrected chi connectivity index (χ2v) is 7.65. The van der Waals surface area contributed by atoms with Gasteiger partial charge in [-0.3, -0.25) is 0 Å². The summed E-state index contributed by atoms with van der Waals surface area (Å²) in [6, 6.07) is 18.9. The van der Waals surface area contributed by atoms with Gasteiger partial charge < -0.3 is 19.5 Å². The molecule has 3 aromatic carbocycles. The maximum atomic E-state index is 6.03. The monoisotopic (exact) mass is 445 g/mol. The number of benzene rings is 3. The third kappa shape index (κ3) is 4.93. The summed E-state index contributed by atoms with van der Waals surface area (Å²) in [4.78, 5) is 0.665. The molecule has 0 spiro atoms. The predicted molar refractivity (Wildman–Crippen MR) is 118 cm³/mol. The first-order chi connectivity index (χ1) is 14.1. The van der Waals surface area contributed by atoms with E-state index in [1.165, 1.54) is 0 Å². The van der Waals surface area contributed by atoms with Crippen molar-refractivity contribution in [1.29, 1.82) is 0 Å². The summed E-state index contributed by atoms with van der Waals surface area (Å²) in [5.41, 5.74) is 2.94. The van der Waals surface area contributed by atoms with Crippen molar-refractivity contribution in [3.63, 3.8) is 0 Å². The Balaban J connectivity index is 1.31. The Labute approximate surface area is 184 Å². The normalized spacial score (nSPS) is 11.9. The van der Waals surface area contributed by atoms with E-state index in [0.717, 1.165) is 33.9 Å². The van der Waals surface area contributed by atoms with Gasteiger partial charge in [0.15, 0.2) is 11.5 Å². The molecule has 0 radical (unpaired) electrons. The van der Waals surface area contributed by atoms with Gasteiger partial charge in [-0.25, -0.2) is 0 Å². The molecule has 1 aliphatic rings. The summed E-state index contributed by atoms with van der Waals surface area (Å²) >= 11 is 17.5. The molecule has 0 unspecified atom stereocenters. The molecule has 0 fully saturated rings. The fourth-order valence-electron chi connectivity index (χ4n) is 2.83. The van der Waals surface area contributed by atoms with Crippen LogP contribution in [0, 0.1) is 0 Å². The van der Waals surface area contributed by atoms with Crippen molar-refractivity contribution in [2.45, 2.75) is 13.2 Å². The average Bonchev–Trinajstić information content (AvgIpc) is 3.21. The molecule has 4 rings (SSSR count). The molecule has 0 amide bonds. The lowest BCUT2D eigenvalue weighted by atomic mass is 10.2. The minimum Gasteiger partial charge on any atom is -0.489 e. The molecular weight excluding hydrogens is 429 g/mol. The smallest absolute Gasteiger partial charge is 0.231 e. The summed E-state index contributed by atoms with van der Waals surface area (Å²) < 4.78 is 16.5. The molecule has 0 atom stereocenters. The highest BCUT2D eigenvalue weighted by atomic mass is 35.5. The minimum absolute atomic E-state index is 0.268. The SMILES string of the molecule is S=C(NCc1ccc2c(c1)OCO2)c1ccc(OCc2ccc(Cl)c(Cl)c2)cc1. The number of ether oxygens (including phenoxy) is 3. The van der Waals surface area contributed by atoms with Gasteiger partial charge in [-0.05, 0) is 59.7 Å². The van der Waals surface area contributed by atoms with Crippen molar-refractivity contribution >= 4 is 40.4 Å². The number of hydrogen-bond acceptors (Lipinski definition) is 4. The van der Waals surface area contributed by atoms with E-state index in [1.807, 2.05) is 48.5 Å². The van der Waals surface area contributed by atoms with Gasteiger partial charge in [0, 0.05) is 12.1 Å².